The van der Waals surface area contributed by atoms with Crippen LogP contribution < -0.4 is 0 Å². The standard InChI is InChI=1S/C35H40O12/c1-20(37)43-24-18-33(5,46-21(2)38)35-28(41)26(32(3,4)47-35)27(40)30(45-31(42)23-14-10-7-11-15-23)34(35,19-36)29(24)44-25(39)17-16-22-12-8-6-9-13-22/h6-17,24,26-30,36,40-41H,18-19H2,1-5H3/b17-16+/t24?,26-,27?,28?,29?,30?,33-,34+,35+/m1/s1. The molecule has 1 saturated heterocycles. The van der Waals surface area contributed by atoms with Crippen LogP contribution in [0.5, 0.6) is 0 Å². The Hall–Kier alpha value is -4.10. The number of rotatable bonds is 8. The average molecular weight is 653 g/mol. The fraction of sp³-hybridized carbons (Fsp3) is 0.486. The third-order valence-corrected chi connectivity index (χ3v) is 9.73. The van der Waals surface area contributed by atoms with E-state index in [0.717, 1.165) is 19.9 Å². The molecule has 12 heteroatoms. The molecule has 2 aliphatic carbocycles. The number of hydrogen-bond acceptors (Lipinski definition) is 12. The second-order valence-corrected chi connectivity index (χ2v) is 13.1. The van der Waals surface area contributed by atoms with Gasteiger partial charge in [0.1, 0.15) is 34.9 Å². The molecule has 3 fully saturated rings. The molecule has 1 aliphatic heterocycles. The van der Waals surface area contributed by atoms with Crippen molar-refractivity contribution in [3.8, 4) is 0 Å². The molecule has 2 aromatic carbocycles. The molecular formula is C35H40O12. The number of benzene rings is 2. The molecular weight excluding hydrogens is 612 g/mol. The average Bonchev–Trinajstić information content (AvgIpc) is 3.20. The fourth-order valence-electron chi connectivity index (χ4n) is 8.16. The molecule has 2 bridgehead atoms. The molecule has 3 aliphatic rings. The summed E-state index contributed by atoms with van der Waals surface area (Å²) in [6, 6.07) is 16.7. The molecule has 0 aromatic heterocycles. The molecule has 0 amide bonds. The SMILES string of the molecule is CC(=O)OC1C[C@@](C)(OC(C)=O)[C@]23OC(C)(C)[C@H](C(O)C(OC(=O)c4ccccc4)[C@]2(CO)C1OC(=O)/C=C/c1ccccc1)C3O. The summed E-state index contributed by atoms with van der Waals surface area (Å²) in [6.07, 6.45) is -6.03. The van der Waals surface area contributed by atoms with E-state index >= 15 is 0 Å². The molecule has 0 radical (unpaired) electrons. The molecule has 5 rings (SSSR count). The van der Waals surface area contributed by atoms with Gasteiger partial charge in [-0.3, -0.25) is 9.59 Å². The fourth-order valence-corrected chi connectivity index (χ4v) is 8.16. The molecule has 1 spiro atoms. The lowest BCUT2D eigenvalue weighted by molar-refractivity contribution is -0.363. The number of ether oxygens (including phenoxy) is 5. The van der Waals surface area contributed by atoms with Crippen LogP contribution in [-0.2, 0) is 38.1 Å². The summed E-state index contributed by atoms with van der Waals surface area (Å²) in [4.78, 5) is 52.4. The number of carbonyl (C=O) groups excluding carboxylic acids is 4. The Morgan fingerprint density at radius 1 is 0.872 bits per heavy atom. The van der Waals surface area contributed by atoms with Crippen molar-refractivity contribution in [2.45, 2.75) is 88.4 Å². The van der Waals surface area contributed by atoms with Crippen molar-refractivity contribution in [1.82, 2.24) is 0 Å². The maximum atomic E-state index is 13.6. The Morgan fingerprint density at radius 3 is 2.06 bits per heavy atom. The van der Waals surface area contributed by atoms with Crippen LogP contribution in [0.3, 0.4) is 0 Å². The van der Waals surface area contributed by atoms with Gasteiger partial charge in [-0.15, -0.1) is 0 Å². The summed E-state index contributed by atoms with van der Waals surface area (Å²) < 4.78 is 30.3. The number of fused-ring (bicyclic) bond motifs is 1. The van der Waals surface area contributed by atoms with Crippen molar-refractivity contribution in [3.63, 3.8) is 0 Å². The van der Waals surface area contributed by atoms with Gasteiger partial charge in [-0.2, -0.15) is 0 Å². The van der Waals surface area contributed by atoms with Gasteiger partial charge in [0.25, 0.3) is 0 Å². The topological polar surface area (TPSA) is 175 Å². The highest BCUT2D eigenvalue weighted by Crippen LogP contribution is 2.69. The Bertz CT molecular complexity index is 1540. The first kappa shape index (κ1) is 34.2. The third-order valence-electron chi connectivity index (χ3n) is 9.73. The Balaban J connectivity index is 1.75. The minimum absolute atomic E-state index is 0.106. The van der Waals surface area contributed by atoms with E-state index < -0.39 is 89.1 Å². The predicted octanol–water partition coefficient (Wildman–Crippen LogP) is 2.37. The highest BCUT2D eigenvalue weighted by Gasteiger charge is 2.87. The van der Waals surface area contributed by atoms with Gasteiger partial charge in [0.15, 0.2) is 6.10 Å². The molecule has 9 atom stereocenters. The lowest BCUT2D eigenvalue weighted by Gasteiger charge is -2.66. The molecule has 47 heavy (non-hydrogen) atoms. The number of aliphatic hydroxyl groups excluding tert-OH is 3. The van der Waals surface area contributed by atoms with Crippen molar-refractivity contribution in [3.05, 3.63) is 77.9 Å². The molecule has 2 saturated carbocycles. The largest absolute Gasteiger partial charge is 0.458 e. The highest BCUT2D eigenvalue weighted by atomic mass is 16.6. The molecule has 2 aromatic rings. The summed E-state index contributed by atoms with van der Waals surface area (Å²) in [5.74, 6) is -4.58. The lowest BCUT2D eigenvalue weighted by atomic mass is 9.45. The van der Waals surface area contributed by atoms with Gasteiger partial charge < -0.3 is 39.0 Å². The maximum Gasteiger partial charge on any atom is 0.338 e. The van der Waals surface area contributed by atoms with E-state index in [2.05, 4.69) is 0 Å². The van der Waals surface area contributed by atoms with Gasteiger partial charge in [-0.25, -0.2) is 9.59 Å². The van der Waals surface area contributed by atoms with Crippen LogP contribution in [-0.4, -0.2) is 93.1 Å². The number of hydrogen-bond donors (Lipinski definition) is 3. The third kappa shape index (κ3) is 5.52. The van der Waals surface area contributed by atoms with Crippen LogP contribution in [0.1, 0.15) is 57.0 Å². The molecule has 1 heterocycles. The molecule has 5 unspecified atom stereocenters. The first-order chi connectivity index (χ1) is 22.1. The number of carbonyl (C=O) groups is 4. The second-order valence-electron chi connectivity index (χ2n) is 13.1. The molecule has 3 N–H and O–H groups in total. The van der Waals surface area contributed by atoms with Crippen LogP contribution in [0, 0.1) is 11.3 Å². The first-order valence-corrected chi connectivity index (χ1v) is 15.4. The summed E-state index contributed by atoms with van der Waals surface area (Å²) in [5.41, 5.74) is -6.95. The Labute approximate surface area is 272 Å². The summed E-state index contributed by atoms with van der Waals surface area (Å²) in [5, 5.41) is 35.8. The Kier molecular flexibility index (Phi) is 9.10. The van der Waals surface area contributed by atoms with Crippen molar-refractivity contribution in [1.29, 1.82) is 0 Å². The predicted molar refractivity (Wildman–Crippen MR) is 164 cm³/mol. The van der Waals surface area contributed by atoms with E-state index in [1.165, 1.54) is 25.1 Å². The zero-order valence-corrected chi connectivity index (χ0v) is 26.8. The van der Waals surface area contributed by atoms with Crippen LogP contribution in [0.15, 0.2) is 66.7 Å². The van der Waals surface area contributed by atoms with Crippen LogP contribution in [0.2, 0.25) is 0 Å². The van der Waals surface area contributed by atoms with Gasteiger partial charge in [-0.05, 0) is 44.5 Å². The first-order valence-electron chi connectivity index (χ1n) is 15.4. The smallest absolute Gasteiger partial charge is 0.338 e. The minimum Gasteiger partial charge on any atom is -0.458 e. The van der Waals surface area contributed by atoms with Gasteiger partial charge in [0, 0.05) is 32.3 Å². The van der Waals surface area contributed by atoms with E-state index in [0.29, 0.717) is 5.56 Å². The summed E-state index contributed by atoms with van der Waals surface area (Å²) in [6.45, 7) is 5.84. The normalized spacial score (nSPS) is 35.4. The lowest BCUT2D eigenvalue weighted by Crippen LogP contribution is -2.85. The van der Waals surface area contributed by atoms with Crippen LogP contribution in [0.4, 0.5) is 0 Å². The highest BCUT2D eigenvalue weighted by molar-refractivity contribution is 5.89. The van der Waals surface area contributed by atoms with E-state index in [4.69, 9.17) is 23.7 Å². The van der Waals surface area contributed by atoms with E-state index in [1.54, 1.807) is 62.4 Å². The van der Waals surface area contributed by atoms with E-state index in [1.807, 2.05) is 0 Å². The van der Waals surface area contributed by atoms with Crippen molar-refractivity contribution in [2.24, 2.45) is 11.3 Å². The Morgan fingerprint density at radius 2 is 1.49 bits per heavy atom. The number of aliphatic hydroxyl groups is 3. The van der Waals surface area contributed by atoms with Crippen molar-refractivity contribution in [2.75, 3.05) is 6.61 Å². The van der Waals surface area contributed by atoms with Crippen molar-refractivity contribution >= 4 is 30.0 Å². The second kappa shape index (κ2) is 12.5. The van der Waals surface area contributed by atoms with E-state index in [-0.39, 0.29) is 12.0 Å². The maximum absolute atomic E-state index is 13.6. The summed E-state index contributed by atoms with van der Waals surface area (Å²) >= 11 is 0. The summed E-state index contributed by atoms with van der Waals surface area (Å²) in [7, 11) is 0. The number of esters is 4. The zero-order valence-electron chi connectivity index (χ0n) is 26.8. The molecule has 252 valence electrons. The van der Waals surface area contributed by atoms with Crippen molar-refractivity contribution < 1.29 is 58.2 Å². The van der Waals surface area contributed by atoms with Gasteiger partial charge in [0.2, 0.25) is 0 Å². The monoisotopic (exact) mass is 652 g/mol. The van der Waals surface area contributed by atoms with Gasteiger partial charge >= 0.3 is 23.9 Å². The molecule has 12 nitrogen and oxygen atoms in total. The van der Waals surface area contributed by atoms with E-state index in [9.17, 15) is 34.5 Å². The van der Waals surface area contributed by atoms with Crippen LogP contribution in [0.25, 0.3) is 6.08 Å². The zero-order chi connectivity index (χ0) is 34.4. The van der Waals surface area contributed by atoms with Gasteiger partial charge in [-0.1, -0.05) is 48.5 Å². The van der Waals surface area contributed by atoms with Crippen LogP contribution >= 0.6 is 0 Å². The minimum atomic E-state index is -2.28. The van der Waals surface area contributed by atoms with Gasteiger partial charge in [0.05, 0.1) is 23.9 Å². The quantitative estimate of drug-likeness (QED) is 0.216.